The Balaban J connectivity index is 1.62. The molecule has 0 saturated carbocycles. The molecule has 28 heavy (non-hydrogen) atoms. The second-order valence-electron chi connectivity index (χ2n) is 6.46. The summed E-state index contributed by atoms with van der Waals surface area (Å²) in [6.45, 7) is 0.324. The van der Waals surface area contributed by atoms with Crippen molar-refractivity contribution in [1.29, 1.82) is 0 Å². The van der Waals surface area contributed by atoms with E-state index in [1.807, 2.05) is 24.3 Å². The Morgan fingerprint density at radius 1 is 1.14 bits per heavy atom. The number of carbonyl (C=O) groups is 3. The van der Waals surface area contributed by atoms with Crippen LogP contribution in [0.25, 0.3) is 0 Å². The van der Waals surface area contributed by atoms with Gasteiger partial charge in [-0.3, -0.25) is 14.5 Å². The van der Waals surface area contributed by atoms with Crippen LogP contribution in [-0.2, 0) is 20.7 Å². The van der Waals surface area contributed by atoms with Crippen LogP contribution in [0, 0.1) is 0 Å². The summed E-state index contributed by atoms with van der Waals surface area (Å²) < 4.78 is 9.83. The molecule has 1 aliphatic heterocycles. The molecule has 2 amide bonds. The number of imide groups is 1. The van der Waals surface area contributed by atoms with E-state index in [1.165, 1.54) is 12.0 Å². The predicted molar refractivity (Wildman–Crippen MR) is 103 cm³/mol. The summed E-state index contributed by atoms with van der Waals surface area (Å²) in [5, 5.41) is 3.05. The Kier molecular flexibility index (Phi) is 5.93. The number of benzene rings is 2. The molecule has 1 fully saturated rings. The highest BCUT2D eigenvalue weighted by Crippen LogP contribution is 2.20. The third-order valence-electron chi connectivity index (χ3n) is 4.65. The van der Waals surface area contributed by atoms with Gasteiger partial charge in [0.05, 0.1) is 26.2 Å². The number of hydrogen-bond acceptors (Lipinski definition) is 6. The summed E-state index contributed by atoms with van der Waals surface area (Å²) in [6.07, 6.45) is 0.663. The predicted octanol–water partition coefficient (Wildman–Crippen LogP) is 2.26. The second kappa shape index (κ2) is 8.56. The quantitative estimate of drug-likeness (QED) is 0.584. The number of esters is 1. The van der Waals surface area contributed by atoms with E-state index < -0.39 is 12.0 Å². The van der Waals surface area contributed by atoms with E-state index in [-0.39, 0.29) is 18.2 Å². The summed E-state index contributed by atoms with van der Waals surface area (Å²) in [5.41, 5.74) is 1.98. The standard InChI is InChI=1S/C21H22N2O5/c1-27-17-8-6-14(7-9-17)10-11-23-19(24)13-18(20(23)25)22-16-5-3-4-15(12-16)21(26)28-2/h3-9,12,18,22H,10-11,13H2,1-2H3/t18-/m0/s1. The monoisotopic (exact) mass is 382 g/mol. The molecule has 2 aromatic carbocycles. The molecule has 1 aliphatic rings. The van der Waals surface area contributed by atoms with E-state index in [0.29, 0.717) is 24.2 Å². The van der Waals surface area contributed by atoms with Gasteiger partial charge in [-0.2, -0.15) is 0 Å². The molecule has 7 nitrogen and oxygen atoms in total. The highest BCUT2D eigenvalue weighted by molar-refractivity contribution is 6.07. The zero-order valence-electron chi connectivity index (χ0n) is 15.8. The Morgan fingerprint density at radius 3 is 2.57 bits per heavy atom. The second-order valence-corrected chi connectivity index (χ2v) is 6.46. The number of carbonyl (C=O) groups excluding carboxylic acids is 3. The number of rotatable bonds is 7. The fourth-order valence-corrected chi connectivity index (χ4v) is 3.12. The van der Waals surface area contributed by atoms with Gasteiger partial charge in [0.25, 0.3) is 5.91 Å². The Morgan fingerprint density at radius 2 is 1.89 bits per heavy atom. The van der Waals surface area contributed by atoms with Gasteiger partial charge < -0.3 is 14.8 Å². The maximum absolute atomic E-state index is 12.6. The SMILES string of the molecule is COC(=O)c1cccc(N[C@H]2CC(=O)N(CCc3ccc(OC)cc3)C2=O)c1. The lowest BCUT2D eigenvalue weighted by atomic mass is 10.1. The first-order valence-corrected chi connectivity index (χ1v) is 8.94. The number of nitrogens with one attached hydrogen (secondary N) is 1. The van der Waals surface area contributed by atoms with Gasteiger partial charge in [-0.25, -0.2) is 4.79 Å². The van der Waals surface area contributed by atoms with Crippen molar-refractivity contribution in [2.45, 2.75) is 18.9 Å². The summed E-state index contributed by atoms with van der Waals surface area (Å²) in [6, 6.07) is 13.5. The number of methoxy groups -OCH3 is 2. The fourth-order valence-electron chi connectivity index (χ4n) is 3.12. The van der Waals surface area contributed by atoms with E-state index in [0.717, 1.165) is 11.3 Å². The van der Waals surface area contributed by atoms with Gasteiger partial charge in [-0.15, -0.1) is 0 Å². The number of likely N-dealkylation sites (tertiary alicyclic amines) is 1. The fraction of sp³-hybridized carbons (Fsp3) is 0.286. The third-order valence-corrected chi connectivity index (χ3v) is 4.65. The molecule has 2 aromatic rings. The van der Waals surface area contributed by atoms with Crippen molar-refractivity contribution in [3.05, 3.63) is 59.7 Å². The summed E-state index contributed by atoms with van der Waals surface area (Å²) in [5.74, 6) is -0.170. The van der Waals surface area contributed by atoms with Crippen molar-refractivity contribution in [3.63, 3.8) is 0 Å². The van der Waals surface area contributed by atoms with Gasteiger partial charge in [0.15, 0.2) is 0 Å². The lowest BCUT2D eigenvalue weighted by molar-refractivity contribution is -0.138. The minimum atomic E-state index is -0.642. The van der Waals surface area contributed by atoms with Crippen LogP contribution in [0.5, 0.6) is 5.75 Å². The zero-order chi connectivity index (χ0) is 20.1. The number of ether oxygens (including phenoxy) is 2. The highest BCUT2D eigenvalue weighted by atomic mass is 16.5. The minimum absolute atomic E-state index is 0.0872. The largest absolute Gasteiger partial charge is 0.497 e. The van der Waals surface area contributed by atoms with Gasteiger partial charge in [-0.1, -0.05) is 18.2 Å². The lowest BCUT2D eigenvalue weighted by Crippen LogP contribution is -2.36. The molecule has 1 heterocycles. The molecule has 146 valence electrons. The molecule has 0 aliphatic carbocycles. The maximum Gasteiger partial charge on any atom is 0.337 e. The van der Waals surface area contributed by atoms with Crippen LogP contribution >= 0.6 is 0 Å². The normalized spacial score (nSPS) is 16.2. The molecule has 1 atom stereocenters. The Hall–Kier alpha value is -3.35. The maximum atomic E-state index is 12.6. The minimum Gasteiger partial charge on any atom is -0.497 e. The molecule has 0 unspecified atom stereocenters. The molecular formula is C21H22N2O5. The smallest absolute Gasteiger partial charge is 0.337 e. The van der Waals surface area contributed by atoms with E-state index in [9.17, 15) is 14.4 Å². The first kappa shape index (κ1) is 19.4. The molecule has 0 radical (unpaired) electrons. The zero-order valence-corrected chi connectivity index (χ0v) is 15.8. The number of nitrogens with zero attached hydrogens (tertiary/aromatic N) is 1. The van der Waals surface area contributed by atoms with Crippen molar-refractivity contribution in [1.82, 2.24) is 4.90 Å². The van der Waals surface area contributed by atoms with Crippen molar-refractivity contribution in [2.24, 2.45) is 0 Å². The molecule has 7 heteroatoms. The molecule has 1 N–H and O–H groups in total. The highest BCUT2D eigenvalue weighted by Gasteiger charge is 2.38. The van der Waals surface area contributed by atoms with Gasteiger partial charge in [0.1, 0.15) is 11.8 Å². The first-order valence-electron chi connectivity index (χ1n) is 8.94. The van der Waals surface area contributed by atoms with Crippen molar-refractivity contribution >= 4 is 23.5 Å². The van der Waals surface area contributed by atoms with Gasteiger partial charge >= 0.3 is 5.97 Å². The topological polar surface area (TPSA) is 84.9 Å². The number of amides is 2. The van der Waals surface area contributed by atoms with Crippen LogP contribution in [0.2, 0.25) is 0 Å². The van der Waals surface area contributed by atoms with Crippen LogP contribution in [0.4, 0.5) is 5.69 Å². The average molecular weight is 382 g/mol. The van der Waals surface area contributed by atoms with E-state index in [2.05, 4.69) is 5.32 Å². The summed E-state index contributed by atoms with van der Waals surface area (Å²) in [7, 11) is 2.91. The van der Waals surface area contributed by atoms with Gasteiger partial charge in [0.2, 0.25) is 5.91 Å². The van der Waals surface area contributed by atoms with Crippen molar-refractivity contribution in [2.75, 3.05) is 26.1 Å². The van der Waals surface area contributed by atoms with Crippen LogP contribution < -0.4 is 10.1 Å². The first-order chi connectivity index (χ1) is 13.5. The van der Waals surface area contributed by atoms with Crippen LogP contribution in [0.15, 0.2) is 48.5 Å². The van der Waals surface area contributed by atoms with Crippen LogP contribution in [0.1, 0.15) is 22.3 Å². The molecule has 0 aromatic heterocycles. The number of anilines is 1. The lowest BCUT2D eigenvalue weighted by Gasteiger charge is -2.16. The molecule has 1 saturated heterocycles. The van der Waals surface area contributed by atoms with Crippen LogP contribution in [0.3, 0.4) is 0 Å². The number of hydrogen-bond donors (Lipinski definition) is 1. The Bertz CT molecular complexity index is 879. The summed E-state index contributed by atoms with van der Waals surface area (Å²) in [4.78, 5) is 37.9. The van der Waals surface area contributed by atoms with Crippen molar-refractivity contribution < 1.29 is 23.9 Å². The average Bonchev–Trinajstić information content (AvgIpc) is 2.99. The van der Waals surface area contributed by atoms with Gasteiger partial charge in [0, 0.05) is 12.2 Å². The van der Waals surface area contributed by atoms with Crippen LogP contribution in [-0.4, -0.2) is 49.5 Å². The third kappa shape index (κ3) is 4.31. The van der Waals surface area contributed by atoms with E-state index in [1.54, 1.807) is 31.4 Å². The van der Waals surface area contributed by atoms with Crippen molar-refractivity contribution in [3.8, 4) is 5.75 Å². The molecule has 0 spiro atoms. The molecule has 3 rings (SSSR count). The summed E-state index contributed by atoms with van der Waals surface area (Å²) >= 11 is 0. The Labute approximate surface area is 163 Å². The molecule has 0 bridgehead atoms. The molecular weight excluding hydrogens is 360 g/mol. The van der Waals surface area contributed by atoms with E-state index >= 15 is 0 Å². The van der Waals surface area contributed by atoms with Gasteiger partial charge in [-0.05, 0) is 42.3 Å². The van der Waals surface area contributed by atoms with E-state index in [4.69, 9.17) is 9.47 Å².